The molecule has 1 fully saturated rings. The first-order valence-electron chi connectivity index (χ1n) is 9.06. The first-order chi connectivity index (χ1) is 13.2. The summed E-state index contributed by atoms with van der Waals surface area (Å²) in [5.74, 6) is 1.96. The molecule has 6 nitrogen and oxygen atoms in total. The molecule has 1 aliphatic heterocycles. The van der Waals surface area contributed by atoms with Crippen LogP contribution >= 0.6 is 0 Å². The zero-order valence-electron chi connectivity index (χ0n) is 15.2. The number of nitrogens with zero attached hydrogens (tertiary/aromatic N) is 3. The molecule has 1 amide bonds. The van der Waals surface area contributed by atoms with Crippen LogP contribution in [0, 0.1) is 0 Å². The third kappa shape index (κ3) is 3.69. The van der Waals surface area contributed by atoms with E-state index in [2.05, 4.69) is 10.1 Å². The molecule has 1 aromatic heterocycles. The first kappa shape index (κ1) is 17.3. The Bertz CT molecular complexity index is 923. The average molecular weight is 363 g/mol. The molecule has 2 heterocycles. The number of methoxy groups -OCH3 is 1. The van der Waals surface area contributed by atoms with Gasteiger partial charge in [0.1, 0.15) is 5.75 Å². The number of hydrogen-bond acceptors (Lipinski definition) is 5. The summed E-state index contributed by atoms with van der Waals surface area (Å²) in [5, 5.41) is 4.00. The fourth-order valence-corrected chi connectivity index (χ4v) is 3.30. The SMILES string of the molecule is COc1cccc([C@H]2CCN2C(=O)CCc2nc(-c3ccccc3)no2)c1. The lowest BCUT2D eigenvalue weighted by atomic mass is 9.94. The maximum Gasteiger partial charge on any atom is 0.227 e. The van der Waals surface area contributed by atoms with Crippen LogP contribution < -0.4 is 4.74 Å². The van der Waals surface area contributed by atoms with Gasteiger partial charge in [-0.1, -0.05) is 47.6 Å². The predicted octanol–water partition coefficient (Wildman–Crippen LogP) is 3.65. The number of ether oxygens (including phenoxy) is 1. The molecular formula is C21H21N3O3. The van der Waals surface area contributed by atoms with Crippen molar-refractivity contribution in [1.29, 1.82) is 0 Å². The van der Waals surface area contributed by atoms with Crippen LogP contribution in [0.15, 0.2) is 59.1 Å². The maximum absolute atomic E-state index is 12.6. The first-order valence-corrected chi connectivity index (χ1v) is 9.06. The molecular weight excluding hydrogens is 342 g/mol. The Morgan fingerprint density at radius 3 is 2.81 bits per heavy atom. The Hall–Kier alpha value is -3.15. The minimum Gasteiger partial charge on any atom is -0.497 e. The summed E-state index contributed by atoms with van der Waals surface area (Å²) < 4.78 is 10.6. The van der Waals surface area contributed by atoms with E-state index < -0.39 is 0 Å². The van der Waals surface area contributed by atoms with Crippen molar-refractivity contribution in [2.45, 2.75) is 25.3 Å². The van der Waals surface area contributed by atoms with E-state index in [0.29, 0.717) is 24.6 Å². The van der Waals surface area contributed by atoms with Crippen LogP contribution in [0.5, 0.6) is 5.75 Å². The highest BCUT2D eigenvalue weighted by Gasteiger charge is 2.33. The van der Waals surface area contributed by atoms with Gasteiger partial charge < -0.3 is 14.2 Å². The van der Waals surface area contributed by atoms with Gasteiger partial charge in [-0.15, -0.1) is 0 Å². The molecule has 27 heavy (non-hydrogen) atoms. The van der Waals surface area contributed by atoms with Gasteiger partial charge in [-0.25, -0.2) is 0 Å². The Morgan fingerprint density at radius 1 is 1.22 bits per heavy atom. The topological polar surface area (TPSA) is 68.5 Å². The molecule has 4 rings (SSSR count). The van der Waals surface area contributed by atoms with Crippen molar-refractivity contribution < 1.29 is 14.1 Å². The van der Waals surface area contributed by atoms with Crippen LogP contribution in [-0.2, 0) is 11.2 Å². The molecule has 0 bridgehead atoms. The van der Waals surface area contributed by atoms with E-state index in [4.69, 9.17) is 9.26 Å². The molecule has 2 aromatic carbocycles. The van der Waals surface area contributed by atoms with Gasteiger partial charge >= 0.3 is 0 Å². The second-order valence-corrected chi connectivity index (χ2v) is 6.55. The Labute approximate surface area is 157 Å². The van der Waals surface area contributed by atoms with Crippen molar-refractivity contribution in [1.82, 2.24) is 15.0 Å². The number of carbonyl (C=O) groups is 1. The van der Waals surface area contributed by atoms with Gasteiger partial charge in [0.2, 0.25) is 17.6 Å². The predicted molar refractivity (Wildman–Crippen MR) is 100 cm³/mol. The van der Waals surface area contributed by atoms with Crippen LogP contribution in [0.4, 0.5) is 0 Å². The smallest absolute Gasteiger partial charge is 0.227 e. The number of rotatable bonds is 6. The molecule has 1 atom stereocenters. The van der Waals surface area contributed by atoms with E-state index in [1.165, 1.54) is 0 Å². The second kappa shape index (κ2) is 7.61. The van der Waals surface area contributed by atoms with Gasteiger partial charge in [-0.2, -0.15) is 4.98 Å². The lowest BCUT2D eigenvalue weighted by molar-refractivity contribution is -0.139. The highest BCUT2D eigenvalue weighted by Crippen LogP contribution is 2.35. The van der Waals surface area contributed by atoms with Crippen LogP contribution in [-0.4, -0.2) is 34.6 Å². The van der Waals surface area contributed by atoms with E-state index in [1.807, 2.05) is 59.5 Å². The summed E-state index contributed by atoms with van der Waals surface area (Å²) in [6, 6.07) is 17.7. The number of amides is 1. The average Bonchev–Trinajstić information content (AvgIpc) is 3.15. The molecule has 0 N–H and O–H groups in total. The Morgan fingerprint density at radius 2 is 2.07 bits per heavy atom. The number of carbonyl (C=O) groups excluding carboxylic acids is 1. The van der Waals surface area contributed by atoms with Crippen LogP contribution in [0.1, 0.15) is 30.3 Å². The molecule has 0 saturated carbocycles. The summed E-state index contributed by atoms with van der Waals surface area (Å²) in [6.45, 7) is 0.778. The van der Waals surface area contributed by atoms with E-state index in [9.17, 15) is 4.79 Å². The van der Waals surface area contributed by atoms with Gasteiger partial charge in [0.15, 0.2) is 0 Å². The fourth-order valence-electron chi connectivity index (χ4n) is 3.30. The highest BCUT2D eigenvalue weighted by atomic mass is 16.5. The third-order valence-electron chi connectivity index (χ3n) is 4.87. The zero-order chi connectivity index (χ0) is 18.6. The molecule has 6 heteroatoms. The fraction of sp³-hybridized carbons (Fsp3) is 0.286. The van der Waals surface area contributed by atoms with Crippen molar-refractivity contribution in [2.24, 2.45) is 0 Å². The van der Waals surface area contributed by atoms with Crippen molar-refractivity contribution in [3.8, 4) is 17.1 Å². The Kier molecular flexibility index (Phi) is 4.87. The van der Waals surface area contributed by atoms with Gasteiger partial charge in [0.25, 0.3) is 0 Å². The number of hydrogen-bond donors (Lipinski definition) is 0. The van der Waals surface area contributed by atoms with Crippen molar-refractivity contribution in [3.63, 3.8) is 0 Å². The molecule has 0 unspecified atom stereocenters. The summed E-state index contributed by atoms with van der Waals surface area (Å²) >= 11 is 0. The lowest BCUT2D eigenvalue weighted by Gasteiger charge is -2.41. The molecule has 0 aliphatic carbocycles. The minimum atomic E-state index is 0.105. The lowest BCUT2D eigenvalue weighted by Crippen LogP contribution is -2.45. The molecule has 1 saturated heterocycles. The largest absolute Gasteiger partial charge is 0.497 e. The molecule has 0 spiro atoms. The molecule has 1 aliphatic rings. The van der Waals surface area contributed by atoms with E-state index in [1.54, 1.807) is 7.11 Å². The summed E-state index contributed by atoms with van der Waals surface area (Å²) in [7, 11) is 1.65. The summed E-state index contributed by atoms with van der Waals surface area (Å²) in [5.41, 5.74) is 2.01. The quantitative estimate of drug-likeness (QED) is 0.669. The standard InChI is InChI=1S/C21H21N3O3/c1-26-17-9-5-8-16(14-17)18-12-13-24(18)20(25)11-10-19-22-21(23-27-19)15-6-3-2-4-7-15/h2-9,14,18H,10-13H2,1H3/t18-/m1/s1. The molecule has 138 valence electrons. The van der Waals surface area contributed by atoms with Gasteiger partial charge in [-0.3, -0.25) is 4.79 Å². The second-order valence-electron chi connectivity index (χ2n) is 6.55. The number of likely N-dealkylation sites (tertiary alicyclic amines) is 1. The summed E-state index contributed by atoms with van der Waals surface area (Å²) in [4.78, 5) is 18.9. The third-order valence-corrected chi connectivity index (χ3v) is 4.87. The maximum atomic E-state index is 12.6. The van der Waals surface area contributed by atoms with Crippen molar-refractivity contribution >= 4 is 5.91 Å². The zero-order valence-corrected chi connectivity index (χ0v) is 15.2. The Balaban J connectivity index is 1.36. The molecule has 3 aromatic rings. The van der Waals surface area contributed by atoms with E-state index in [-0.39, 0.29) is 11.9 Å². The van der Waals surface area contributed by atoms with E-state index in [0.717, 1.165) is 29.8 Å². The molecule has 0 radical (unpaired) electrons. The summed E-state index contributed by atoms with van der Waals surface area (Å²) in [6.07, 6.45) is 1.77. The van der Waals surface area contributed by atoms with Crippen LogP contribution in [0.25, 0.3) is 11.4 Å². The number of aryl methyl sites for hydroxylation is 1. The van der Waals surface area contributed by atoms with E-state index >= 15 is 0 Å². The van der Waals surface area contributed by atoms with Gasteiger partial charge in [-0.05, 0) is 24.1 Å². The van der Waals surface area contributed by atoms with Crippen molar-refractivity contribution in [3.05, 3.63) is 66.1 Å². The van der Waals surface area contributed by atoms with Gasteiger partial charge in [0.05, 0.1) is 13.2 Å². The number of benzene rings is 2. The monoisotopic (exact) mass is 363 g/mol. The van der Waals surface area contributed by atoms with Gasteiger partial charge in [0, 0.05) is 24.9 Å². The van der Waals surface area contributed by atoms with Crippen LogP contribution in [0.2, 0.25) is 0 Å². The van der Waals surface area contributed by atoms with Crippen molar-refractivity contribution in [2.75, 3.05) is 13.7 Å². The minimum absolute atomic E-state index is 0.105. The van der Waals surface area contributed by atoms with Crippen LogP contribution in [0.3, 0.4) is 0 Å². The highest BCUT2D eigenvalue weighted by molar-refractivity contribution is 5.77. The number of aromatic nitrogens is 2. The normalized spacial score (nSPS) is 16.0.